The number of rotatable bonds is 10. The predicted octanol–water partition coefficient (Wildman–Crippen LogP) is 3.64. The Labute approximate surface area is 230 Å². The molecule has 1 atom stereocenters. The maximum atomic E-state index is 13.7. The van der Waals surface area contributed by atoms with Crippen LogP contribution < -0.4 is 4.74 Å². The lowest BCUT2D eigenvalue weighted by Gasteiger charge is -2.50. The molecule has 0 radical (unpaired) electrons. The number of hydrogen-bond donors (Lipinski definition) is 0. The molecule has 39 heavy (non-hydrogen) atoms. The first-order valence-electron chi connectivity index (χ1n) is 14.3. The van der Waals surface area contributed by atoms with Gasteiger partial charge in [-0.25, -0.2) is 0 Å². The van der Waals surface area contributed by atoms with Gasteiger partial charge in [0.05, 0.1) is 19.8 Å². The summed E-state index contributed by atoms with van der Waals surface area (Å²) in [5, 5.41) is 0. The molecular weight excluding hydrogens is 496 g/mol. The maximum absolute atomic E-state index is 13.7. The molecule has 2 aromatic carbocycles. The summed E-state index contributed by atoms with van der Waals surface area (Å²) in [6, 6.07) is 17.1. The summed E-state index contributed by atoms with van der Waals surface area (Å²) in [6.45, 7) is 5.54. The van der Waals surface area contributed by atoms with E-state index in [0.717, 1.165) is 57.3 Å². The Morgan fingerprint density at radius 3 is 2.44 bits per heavy atom. The summed E-state index contributed by atoms with van der Waals surface area (Å²) in [5.74, 6) is 0.808. The molecule has 5 fully saturated rings. The van der Waals surface area contributed by atoms with Crippen LogP contribution in [-0.2, 0) is 24.4 Å². The number of unbranched alkanes of at least 4 members (excludes halogenated alkanes) is 1. The van der Waals surface area contributed by atoms with Crippen LogP contribution in [0, 0.1) is 5.92 Å². The van der Waals surface area contributed by atoms with Crippen molar-refractivity contribution in [3.8, 4) is 5.75 Å². The number of carbonyl (C=O) groups excluding carboxylic acids is 2. The molecule has 0 N–H and O–H groups in total. The van der Waals surface area contributed by atoms with Crippen LogP contribution in [0.1, 0.15) is 48.0 Å². The average Bonchev–Trinajstić information content (AvgIpc) is 3.47. The number of carbonyl (C=O) groups is 2. The Kier molecular flexibility index (Phi) is 7.86. The van der Waals surface area contributed by atoms with Gasteiger partial charge in [-0.1, -0.05) is 36.4 Å². The van der Waals surface area contributed by atoms with Crippen LogP contribution in [0.25, 0.3) is 0 Å². The summed E-state index contributed by atoms with van der Waals surface area (Å²) < 4.78 is 23.0. The molecule has 1 unspecified atom stereocenters. The number of esters is 1. The molecule has 5 aliphatic rings. The Bertz CT molecular complexity index is 1140. The zero-order chi connectivity index (χ0) is 26.7. The number of hydrogen-bond acceptors (Lipinski definition) is 7. The predicted molar refractivity (Wildman–Crippen MR) is 145 cm³/mol. The van der Waals surface area contributed by atoms with E-state index in [1.165, 1.54) is 0 Å². The van der Waals surface area contributed by atoms with Crippen molar-refractivity contribution in [2.75, 3.05) is 52.5 Å². The van der Waals surface area contributed by atoms with Gasteiger partial charge in [0.15, 0.2) is 6.29 Å². The SMILES string of the molecule is O=C(c1cccc(OCCCCC2OCCO2)c1)N1CC(C(=O)OC2CN3CCC2CC3)(c2ccccc2)C1. The number of piperidine rings is 3. The van der Waals surface area contributed by atoms with Gasteiger partial charge in [0, 0.05) is 25.2 Å². The van der Waals surface area contributed by atoms with Gasteiger partial charge in [0.2, 0.25) is 0 Å². The fraction of sp³-hybridized carbons (Fsp3) is 0.548. The second-order valence-electron chi connectivity index (χ2n) is 11.2. The smallest absolute Gasteiger partial charge is 0.320 e. The van der Waals surface area contributed by atoms with Crippen molar-refractivity contribution in [1.29, 1.82) is 0 Å². The molecule has 0 saturated carbocycles. The van der Waals surface area contributed by atoms with Crippen molar-refractivity contribution < 1.29 is 28.5 Å². The molecule has 0 aliphatic carbocycles. The molecule has 1 amide bonds. The molecular formula is C31H38N2O6. The lowest BCUT2D eigenvalue weighted by atomic mass is 9.73. The lowest BCUT2D eigenvalue weighted by Crippen LogP contribution is -2.66. The van der Waals surface area contributed by atoms with E-state index < -0.39 is 5.41 Å². The molecule has 8 nitrogen and oxygen atoms in total. The van der Waals surface area contributed by atoms with E-state index in [2.05, 4.69) is 4.90 Å². The average molecular weight is 535 g/mol. The van der Waals surface area contributed by atoms with E-state index in [1.807, 2.05) is 42.5 Å². The summed E-state index contributed by atoms with van der Waals surface area (Å²) >= 11 is 0. The zero-order valence-electron chi connectivity index (χ0n) is 22.5. The lowest BCUT2D eigenvalue weighted by molar-refractivity contribution is -0.171. The summed E-state index contributed by atoms with van der Waals surface area (Å²) in [5.41, 5.74) is 0.641. The number of fused-ring (bicyclic) bond motifs is 3. The van der Waals surface area contributed by atoms with Gasteiger partial charge in [-0.2, -0.15) is 0 Å². The van der Waals surface area contributed by atoms with Crippen LogP contribution in [0.15, 0.2) is 54.6 Å². The number of amides is 1. The number of benzene rings is 2. The standard InChI is InChI=1S/C31H38N2O6/c34-29(24-7-6-10-26(19-24)36-16-5-4-11-28-37-17-18-38-28)33-21-31(22-33,25-8-2-1-3-9-25)30(35)39-27-20-32-14-12-23(27)13-15-32/h1-3,6-10,19,23,27-28H,4-5,11-18,20-22H2. The molecule has 7 rings (SSSR count). The van der Waals surface area contributed by atoms with Gasteiger partial charge >= 0.3 is 5.97 Å². The van der Waals surface area contributed by atoms with Crippen molar-refractivity contribution in [2.24, 2.45) is 5.92 Å². The molecule has 5 aliphatic heterocycles. The first-order valence-corrected chi connectivity index (χ1v) is 14.3. The van der Waals surface area contributed by atoms with E-state index in [9.17, 15) is 9.59 Å². The van der Waals surface area contributed by atoms with Gasteiger partial charge in [-0.05, 0) is 74.9 Å². The van der Waals surface area contributed by atoms with Crippen molar-refractivity contribution in [1.82, 2.24) is 9.80 Å². The van der Waals surface area contributed by atoms with E-state index in [0.29, 0.717) is 50.1 Å². The van der Waals surface area contributed by atoms with E-state index in [4.69, 9.17) is 18.9 Å². The number of ether oxygens (including phenoxy) is 4. The first kappa shape index (κ1) is 26.3. The largest absolute Gasteiger partial charge is 0.494 e. The Balaban J connectivity index is 1.06. The highest BCUT2D eigenvalue weighted by molar-refractivity contribution is 5.98. The van der Waals surface area contributed by atoms with Gasteiger partial charge < -0.3 is 23.8 Å². The fourth-order valence-corrected chi connectivity index (χ4v) is 6.31. The Morgan fingerprint density at radius 2 is 1.72 bits per heavy atom. The van der Waals surface area contributed by atoms with Crippen molar-refractivity contribution in [3.63, 3.8) is 0 Å². The van der Waals surface area contributed by atoms with Gasteiger partial charge in [-0.3, -0.25) is 14.5 Å². The third kappa shape index (κ3) is 5.69. The quantitative estimate of drug-likeness (QED) is 0.340. The number of likely N-dealkylation sites (tertiary alicyclic amines) is 1. The van der Waals surface area contributed by atoms with E-state index >= 15 is 0 Å². The second-order valence-corrected chi connectivity index (χ2v) is 11.2. The van der Waals surface area contributed by atoms with E-state index in [-0.39, 0.29) is 24.3 Å². The molecule has 2 aromatic rings. The summed E-state index contributed by atoms with van der Waals surface area (Å²) in [4.78, 5) is 31.2. The van der Waals surface area contributed by atoms with Crippen LogP contribution in [-0.4, -0.2) is 86.6 Å². The van der Waals surface area contributed by atoms with Crippen LogP contribution in [0.4, 0.5) is 0 Å². The minimum Gasteiger partial charge on any atom is -0.494 e. The highest BCUT2D eigenvalue weighted by atomic mass is 16.7. The van der Waals surface area contributed by atoms with Gasteiger partial charge in [-0.15, -0.1) is 0 Å². The van der Waals surface area contributed by atoms with Crippen LogP contribution in [0.5, 0.6) is 5.75 Å². The summed E-state index contributed by atoms with van der Waals surface area (Å²) in [6.07, 6.45) is 4.73. The third-order valence-corrected chi connectivity index (χ3v) is 8.66. The third-order valence-electron chi connectivity index (χ3n) is 8.66. The van der Waals surface area contributed by atoms with Crippen molar-refractivity contribution in [3.05, 3.63) is 65.7 Å². The van der Waals surface area contributed by atoms with Crippen molar-refractivity contribution in [2.45, 2.75) is 49.9 Å². The zero-order valence-corrected chi connectivity index (χ0v) is 22.5. The Morgan fingerprint density at radius 1 is 0.949 bits per heavy atom. The van der Waals surface area contributed by atoms with E-state index in [1.54, 1.807) is 17.0 Å². The maximum Gasteiger partial charge on any atom is 0.320 e. The highest BCUT2D eigenvalue weighted by Crippen LogP contribution is 2.39. The fourth-order valence-electron chi connectivity index (χ4n) is 6.31. The summed E-state index contributed by atoms with van der Waals surface area (Å²) in [7, 11) is 0. The molecule has 5 heterocycles. The molecule has 8 heteroatoms. The molecule has 5 saturated heterocycles. The monoisotopic (exact) mass is 534 g/mol. The molecule has 2 bridgehead atoms. The van der Waals surface area contributed by atoms with Gasteiger partial charge in [0.1, 0.15) is 17.3 Å². The number of nitrogens with zero attached hydrogens (tertiary/aromatic N) is 2. The van der Waals surface area contributed by atoms with Gasteiger partial charge in [0.25, 0.3) is 5.91 Å². The van der Waals surface area contributed by atoms with Crippen molar-refractivity contribution >= 4 is 11.9 Å². The van der Waals surface area contributed by atoms with Crippen LogP contribution >= 0.6 is 0 Å². The second kappa shape index (κ2) is 11.7. The minimum atomic E-state index is -0.830. The van der Waals surface area contributed by atoms with Crippen LogP contribution in [0.3, 0.4) is 0 Å². The molecule has 0 spiro atoms. The topological polar surface area (TPSA) is 77.5 Å². The first-order chi connectivity index (χ1) is 19.1. The normalized spacial score (nSPS) is 25.7. The Hall–Kier alpha value is -2.94. The van der Waals surface area contributed by atoms with Crippen LogP contribution in [0.2, 0.25) is 0 Å². The molecule has 208 valence electrons. The minimum absolute atomic E-state index is 0.0580. The molecule has 0 aromatic heterocycles. The highest BCUT2D eigenvalue weighted by Gasteiger charge is 2.54.